The molecule has 9 heavy (non-hydrogen) atoms. The SMILES string of the molecule is Cl.N#CCC1(Cl)CNC1. The van der Waals surface area contributed by atoms with Crippen LogP contribution in [0.15, 0.2) is 0 Å². The molecule has 0 aliphatic carbocycles. The first-order chi connectivity index (χ1) is 3.77. The number of nitrogens with one attached hydrogen (secondary N) is 1. The van der Waals surface area contributed by atoms with E-state index in [1.165, 1.54) is 0 Å². The lowest BCUT2D eigenvalue weighted by Crippen LogP contribution is -2.55. The number of hydrogen-bond donors (Lipinski definition) is 1. The zero-order chi connectivity index (χ0) is 6.04. The van der Waals surface area contributed by atoms with Crippen molar-refractivity contribution in [1.82, 2.24) is 5.32 Å². The molecule has 1 saturated heterocycles. The minimum atomic E-state index is -0.227. The largest absolute Gasteiger partial charge is 0.313 e. The van der Waals surface area contributed by atoms with Crippen LogP contribution >= 0.6 is 24.0 Å². The molecule has 0 unspecified atom stereocenters. The van der Waals surface area contributed by atoms with Crippen molar-refractivity contribution in [3.63, 3.8) is 0 Å². The van der Waals surface area contributed by atoms with E-state index in [1.54, 1.807) is 0 Å². The van der Waals surface area contributed by atoms with E-state index in [0.717, 1.165) is 13.1 Å². The minimum Gasteiger partial charge on any atom is -0.313 e. The van der Waals surface area contributed by atoms with Crippen molar-refractivity contribution in [2.75, 3.05) is 13.1 Å². The molecule has 0 aromatic carbocycles. The first-order valence-electron chi connectivity index (χ1n) is 2.53. The Morgan fingerprint density at radius 3 is 2.33 bits per heavy atom. The molecular formula is C5H8Cl2N2. The van der Waals surface area contributed by atoms with Crippen LogP contribution in [-0.2, 0) is 0 Å². The summed E-state index contributed by atoms with van der Waals surface area (Å²) in [5.74, 6) is 0. The van der Waals surface area contributed by atoms with E-state index < -0.39 is 0 Å². The highest BCUT2D eigenvalue weighted by Gasteiger charge is 2.33. The molecule has 1 heterocycles. The molecule has 0 aromatic heterocycles. The van der Waals surface area contributed by atoms with Crippen molar-refractivity contribution < 1.29 is 0 Å². The molecule has 0 amide bonds. The number of nitriles is 1. The van der Waals surface area contributed by atoms with Crippen molar-refractivity contribution in [3.05, 3.63) is 0 Å². The van der Waals surface area contributed by atoms with Gasteiger partial charge in [0.1, 0.15) is 0 Å². The van der Waals surface area contributed by atoms with E-state index in [1.807, 2.05) is 6.07 Å². The number of nitrogens with zero attached hydrogens (tertiary/aromatic N) is 1. The molecule has 1 rings (SSSR count). The third kappa shape index (κ3) is 2.02. The third-order valence-corrected chi connectivity index (χ3v) is 1.68. The lowest BCUT2D eigenvalue weighted by molar-refractivity contribution is 0.389. The summed E-state index contributed by atoms with van der Waals surface area (Å²) in [7, 11) is 0. The summed E-state index contributed by atoms with van der Waals surface area (Å²) in [6.07, 6.45) is 0.460. The van der Waals surface area contributed by atoms with Gasteiger partial charge in [-0.25, -0.2) is 0 Å². The summed E-state index contributed by atoms with van der Waals surface area (Å²) in [6, 6.07) is 2.04. The van der Waals surface area contributed by atoms with Gasteiger partial charge in [0.05, 0.1) is 17.4 Å². The summed E-state index contributed by atoms with van der Waals surface area (Å²) in [5, 5.41) is 11.2. The maximum atomic E-state index is 8.20. The molecule has 0 saturated carbocycles. The molecule has 0 atom stereocenters. The Hall–Kier alpha value is 0.0300. The normalized spacial score (nSPS) is 20.9. The van der Waals surface area contributed by atoms with Gasteiger partial charge < -0.3 is 5.32 Å². The van der Waals surface area contributed by atoms with Crippen LogP contribution in [0.5, 0.6) is 0 Å². The number of hydrogen-bond acceptors (Lipinski definition) is 2. The Kier molecular flexibility index (Phi) is 3.27. The first-order valence-corrected chi connectivity index (χ1v) is 2.91. The first kappa shape index (κ1) is 9.03. The van der Waals surface area contributed by atoms with Gasteiger partial charge in [-0.15, -0.1) is 24.0 Å². The van der Waals surface area contributed by atoms with E-state index in [2.05, 4.69) is 5.32 Å². The summed E-state index contributed by atoms with van der Waals surface area (Å²) >= 11 is 5.82. The second kappa shape index (κ2) is 3.26. The molecular weight excluding hydrogens is 159 g/mol. The molecule has 4 heteroatoms. The van der Waals surface area contributed by atoms with E-state index in [-0.39, 0.29) is 17.3 Å². The summed E-state index contributed by atoms with van der Waals surface area (Å²) in [4.78, 5) is -0.227. The highest BCUT2D eigenvalue weighted by Crippen LogP contribution is 2.23. The molecule has 0 aromatic rings. The molecule has 1 aliphatic rings. The molecule has 0 radical (unpaired) electrons. The minimum absolute atomic E-state index is 0. The van der Waals surface area contributed by atoms with Gasteiger partial charge in [-0.05, 0) is 0 Å². The summed E-state index contributed by atoms with van der Waals surface area (Å²) in [6.45, 7) is 1.56. The lowest BCUT2D eigenvalue weighted by atomic mass is 9.99. The Labute approximate surface area is 65.6 Å². The van der Waals surface area contributed by atoms with Crippen LogP contribution in [0.3, 0.4) is 0 Å². The van der Waals surface area contributed by atoms with Gasteiger partial charge in [-0.1, -0.05) is 0 Å². The highest BCUT2D eigenvalue weighted by atomic mass is 35.5. The number of halogens is 2. The van der Waals surface area contributed by atoms with Crippen LogP contribution in [-0.4, -0.2) is 18.0 Å². The second-order valence-electron chi connectivity index (χ2n) is 2.09. The van der Waals surface area contributed by atoms with Crippen molar-refractivity contribution in [3.8, 4) is 6.07 Å². The van der Waals surface area contributed by atoms with Gasteiger partial charge in [0.2, 0.25) is 0 Å². The highest BCUT2D eigenvalue weighted by molar-refractivity contribution is 6.25. The van der Waals surface area contributed by atoms with Crippen molar-refractivity contribution in [2.24, 2.45) is 0 Å². The van der Waals surface area contributed by atoms with Crippen LogP contribution in [0, 0.1) is 11.3 Å². The van der Waals surface area contributed by atoms with E-state index in [0.29, 0.717) is 6.42 Å². The topological polar surface area (TPSA) is 35.8 Å². The van der Waals surface area contributed by atoms with Crippen LogP contribution in [0.1, 0.15) is 6.42 Å². The molecule has 1 N–H and O–H groups in total. The lowest BCUT2D eigenvalue weighted by Gasteiger charge is -2.34. The zero-order valence-electron chi connectivity index (χ0n) is 4.85. The molecule has 0 bridgehead atoms. The summed E-state index contributed by atoms with van der Waals surface area (Å²) < 4.78 is 0. The average Bonchev–Trinajstić information content (AvgIpc) is 1.64. The quantitative estimate of drug-likeness (QED) is 0.589. The fraction of sp³-hybridized carbons (Fsp3) is 0.800. The van der Waals surface area contributed by atoms with Crippen molar-refractivity contribution >= 4 is 24.0 Å². The average molecular weight is 167 g/mol. The maximum Gasteiger partial charge on any atom is 0.0823 e. The van der Waals surface area contributed by atoms with Gasteiger partial charge >= 0.3 is 0 Å². The molecule has 2 nitrogen and oxygen atoms in total. The molecule has 52 valence electrons. The van der Waals surface area contributed by atoms with Gasteiger partial charge in [-0.2, -0.15) is 5.26 Å². The predicted octanol–water partition coefficient (Wildman–Crippen LogP) is 0.903. The molecule has 0 spiro atoms. The molecule has 1 aliphatic heterocycles. The van der Waals surface area contributed by atoms with Crippen molar-refractivity contribution in [1.29, 1.82) is 5.26 Å². The predicted molar refractivity (Wildman–Crippen MR) is 38.9 cm³/mol. The zero-order valence-corrected chi connectivity index (χ0v) is 6.43. The van der Waals surface area contributed by atoms with Gasteiger partial charge in [-0.3, -0.25) is 0 Å². The Bertz CT molecular complexity index is 125. The van der Waals surface area contributed by atoms with Gasteiger partial charge in [0, 0.05) is 13.1 Å². The maximum absolute atomic E-state index is 8.20. The van der Waals surface area contributed by atoms with Crippen molar-refractivity contribution in [2.45, 2.75) is 11.3 Å². The smallest absolute Gasteiger partial charge is 0.0823 e. The Morgan fingerprint density at radius 2 is 2.22 bits per heavy atom. The molecule has 1 fully saturated rings. The Morgan fingerprint density at radius 1 is 1.67 bits per heavy atom. The second-order valence-corrected chi connectivity index (χ2v) is 2.89. The monoisotopic (exact) mass is 166 g/mol. The van der Waals surface area contributed by atoms with Gasteiger partial charge in [0.25, 0.3) is 0 Å². The van der Waals surface area contributed by atoms with Crippen LogP contribution in [0.4, 0.5) is 0 Å². The number of rotatable bonds is 1. The Balaban J connectivity index is 0.000000640. The van der Waals surface area contributed by atoms with E-state index in [4.69, 9.17) is 16.9 Å². The van der Waals surface area contributed by atoms with Crippen LogP contribution in [0.25, 0.3) is 0 Å². The van der Waals surface area contributed by atoms with Gasteiger partial charge in [0.15, 0.2) is 0 Å². The van der Waals surface area contributed by atoms with E-state index in [9.17, 15) is 0 Å². The van der Waals surface area contributed by atoms with Crippen LogP contribution in [0.2, 0.25) is 0 Å². The van der Waals surface area contributed by atoms with Crippen LogP contribution < -0.4 is 5.32 Å². The third-order valence-electron chi connectivity index (χ3n) is 1.28. The van der Waals surface area contributed by atoms with E-state index >= 15 is 0 Å². The number of alkyl halides is 1. The summed E-state index contributed by atoms with van der Waals surface area (Å²) in [5.41, 5.74) is 0. The fourth-order valence-corrected chi connectivity index (χ4v) is 0.912. The fourth-order valence-electron chi connectivity index (χ4n) is 0.663. The standard InChI is InChI=1S/C5H7ClN2.ClH/c6-5(1-2-7)3-8-4-5;/h8H,1,3-4H2;1H.